The van der Waals surface area contributed by atoms with Crippen LogP contribution in [0.3, 0.4) is 0 Å². The van der Waals surface area contributed by atoms with E-state index in [1.807, 2.05) is 0 Å². The monoisotopic (exact) mass is 192 g/mol. The molecule has 0 fully saturated rings. The molecule has 0 saturated carbocycles. The highest BCUT2D eigenvalue weighted by molar-refractivity contribution is 5.69. The van der Waals surface area contributed by atoms with Crippen molar-refractivity contribution in [3.63, 3.8) is 0 Å². The summed E-state index contributed by atoms with van der Waals surface area (Å²) in [5.41, 5.74) is 6.08. The fourth-order valence-electron chi connectivity index (χ4n) is 3.53. The summed E-state index contributed by atoms with van der Waals surface area (Å²) in [6, 6.07) is 0. The molecule has 0 aromatic rings. The molecule has 0 amide bonds. The molecule has 72 valence electrons. The molecule has 0 aliphatic heterocycles. The Morgan fingerprint density at radius 2 is 1.53 bits per heavy atom. The Hall–Kier alpha value is -1.56. The van der Waals surface area contributed by atoms with Crippen LogP contribution in [-0.2, 0) is 0 Å². The molecule has 5 aliphatic rings. The molecule has 5 aliphatic carbocycles. The third-order valence-electron chi connectivity index (χ3n) is 4.29. The highest BCUT2D eigenvalue weighted by Crippen LogP contribution is 2.60. The summed E-state index contributed by atoms with van der Waals surface area (Å²) in [7, 11) is 0. The van der Waals surface area contributed by atoms with Gasteiger partial charge in [0, 0.05) is 5.92 Å². The number of rotatable bonds is 0. The lowest BCUT2D eigenvalue weighted by Crippen LogP contribution is -2.34. The minimum absolute atomic E-state index is 0.193. The van der Waals surface area contributed by atoms with Gasteiger partial charge in [-0.15, -0.1) is 0 Å². The Kier molecular flexibility index (Phi) is 1.11. The predicted octanol–water partition coefficient (Wildman–Crippen LogP) is 3.48. The van der Waals surface area contributed by atoms with Crippen molar-refractivity contribution in [3.8, 4) is 0 Å². The van der Waals surface area contributed by atoms with E-state index < -0.39 is 0 Å². The van der Waals surface area contributed by atoms with Crippen LogP contribution < -0.4 is 0 Å². The zero-order valence-electron chi connectivity index (χ0n) is 8.70. The third-order valence-corrected chi connectivity index (χ3v) is 4.29. The number of allylic oxidation sites excluding steroid dienone is 12. The molecule has 1 spiro atoms. The highest BCUT2D eigenvalue weighted by atomic mass is 14.5. The first-order chi connectivity index (χ1) is 7.33. The van der Waals surface area contributed by atoms with E-state index in [1.165, 1.54) is 22.3 Å². The smallest absolute Gasteiger partial charge is 0.0514 e. The summed E-state index contributed by atoms with van der Waals surface area (Å²) < 4.78 is 0. The number of hydrogen-bond acceptors (Lipinski definition) is 0. The van der Waals surface area contributed by atoms with Crippen LogP contribution >= 0.6 is 0 Å². The summed E-state index contributed by atoms with van der Waals surface area (Å²) in [5.74, 6) is 0.532. The molecular formula is C15H12. The van der Waals surface area contributed by atoms with Crippen molar-refractivity contribution in [1.29, 1.82) is 0 Å². The van der Waals surface area contributed by atoms with Crippen LogP contribution in [0.5, 0.6) is 0 Å². The molecule has 0 heterocycles. The van der Waals surface area contributed by atoms with Gasteiger partial charge in [-0.3, -0.25) is 0 Å². The summed E-state index contributed by atoms with van der Waals surface area (Å²) in [6.45, 7) is 2.29. The van der Waals surface area contributed by atoms with Crippen LogP contribution in [0.4, 0.5) is 0 Å². The van der Waals surface area contributed by atoms with Gasteiger partial charge in [-0.25, -0.2) is 0 Å². The maximum atomic E-state index is 2.35. The summed E-state index contributed by atoms with van der Waals surface area (Å²) in [4.78, 5) is 0. The van der Waals surface area contributed by atoms with Gasteiger partial charge in [0.25, 0.3) is 0 Å². The van der Waals surface area contributed by atoms with Gasteiger partial charge in [0.1, 0.15) is 0 Å². The first-order valence-electron chi connectivity index (χ1n) is 5.52. The molecule has 0 aromatic carbocycles. The normalized spacial score (nSPS) is 28.3. The van der Waals surface area contributed by atoms with Gasteiger partial charge in [-0.05, 0) is 23.6 Å². The molecule has 5 rings (SSSR count). The SMILES string of the molecule is CC1=C2C=CC(C=C2)C12C1=CC=C2C=C1. The van der Waals surface area contributed by atoms with Gasteiger partial charge in [-0.1, -0.05) is 54.2 Å². The first-order valence-corrected chi connectivity index (χ1v) is 5.52. The average molecular weight is 192 g/mol. The van der Waals surface area contributed by atoms with Crippen molar-refractivity contribution >= 4 is 0 Å². The molecule has 0 N–H and O–H groups in total. The largest absolute Gasteiger partial charge is 0.0755 e. The van der Waals surface area contributed by atoms with Crippen LogP contribution in [0.15, 0.2) is 70.9 Å². The van der Waals surface area contributed by atoms with Gasteiger partial charge >= 0.3 is 0 Å². The zero-order chi connectivity index (χ0) is 10.0. The lowest BCUT2D eigenvalue weighted by molar-refractivity contribution is 0.452. The van der Waals surface area contributed by atoms with Crippen molar-refractivity contribution in [2.45, 2.75) is 6.92 Å². The van der Waals surface area contributed by atoms with E-state index in [0.29, 0.717) is 5.92 Å². The molecule has 0 heteroatoms. The van der Waals surface area contributed by atoms with Crippen molar-refractivity contribution in [2.75, 3.05) is 0 Å². The second-order valence-corrected chi connectivity index (χ2v) is 4.71. The molecule has 15 heavy (non-hydrogen) atoms. The van der Waals surface area contributed by atoms with Gasteiger partial charge in [0.2, 0.25) is 0 Å². The second kappa shape index (κ2) is 2.16. The van der Waals surface area contributed by atoms with Gasteiger partial charge in [-0.2, -0.15) is 0 Å². The Morgan fingerprint density at radius 1 is 0.933 bits per heavy atom. The van der Waals surface area contributed by atoms with Crippen LogP contribution in [0.25, 0.3) is 0 Å². The summed E-state index contributed by atoms with van der Waals surface area (Å²) in [5, 5.41) is 0. The maximum absolute atomic E-state index is 2.35. The van der Waals surface area contributed by atoms with Crippen LogP contribution in [0.2, 0.25) is 0 Å². The Morgan fingerprint density at radius 3 is 2.00 bits per heavy atom. The van der Waals surface area contributed by atoms with E-state index in [1.54, 1.807) is 0 Å². The van der Waals surface area contributed by atoms with E-state index in [4.69, 9.17) is 0 Å². The first kappa shape index (κ1) is 7.70. The molecule has 0 nitrogen and oxygen atoms in total. The minimum atomic E-state index is 0.193. The molecule has 0 atom stereocenters. The van der Waals surface area contributed by atoms with E-state index >= 15 is 0 Å². The van der Waals surface area contributed by atoms with Crippen molar-refractivity contribution in [3.05, 3.63) is 70.9 Å². The summed E-state index contributed by atoms with van der Waals surface area (Å²) in [6.07, 6.45) is 18.4. The Bertz CT molecular complexity index is 507. The van der Waals surface area contributed by atoms with E-state index in [-0.39, 0.29) is 5.41 Å². The fraction of sp³-hybridized carbons (Fsp3) is 0.200. The third kappa shape index (κ3) is 0.629. The fourth-order valence-corrected chi connectivity index (χ4v) is 3.53. The highest BCUT2D eigenvalue weighted by Gasteiger charge is 2.50. The van der Waals surface area contributed by atoms with Crippen LogP contribution in [-0.4, -0.2) is 0 Å². The quantitative estimate of drug-likeness (QED) is 0.551. The predicted molar refractivity (Wildman–Crippen MR) is 62.2 cm³/mol. The molecule has 0 aromatic heterocycles. The van der Waals surface area contributed by atoms with Crippen molar-refractivity contribution in [2.24, 2.45) is 11.3 Å². The Balaban J connectivity index is 2.07. The van der Waals surface area contributed by atoms with E-state index in [9.17, 15) is 0 Å². The topological polar surface area (TPSA) is 0 Å². The van der Waals surface area contributed by atoms with E-state index in [0.717, 1.165) is 0 Å². The standard InChI is InChI=1S/C15H12/c1-10-11-2-4-12(5-3-11)15(10)13-6-7-14(15)9-8-13/h2-9,12H,1H3. The van der Waals surface area contributed by atoms with Crippen molar-refractivity contribution < 1.29 is 0 Å². The van der Waals surface area contributed by atoms with Gasteiger partial charge in [0.15, 0.2) is 0 Å². The Labute approximate surface area is 89.7 Å². The van der Waals surface area contributed by atoms with Crippen LogP contribution in [0, 0.1) is 11.3 Å². The second-order valence-electron chi connectivity index (χ2n) is 4.71. The molecule has 0 radical (unpaired) electrons. The van der Waals surface area contributed by atoms with Gasteiger partial charge < -0.3 is 0 Å². The molecule has 0 unspecified atom stereocenters. The van der Waals surface area contributed by atoms with E-state index in [2.05, 4.69) is 55.5 Å². The number of hydrogen-bond donors (Lipinski definition) is 0. The van der Waals surface area contributed by atoms with Crippen molar-refractivity contribution in [1.82, 2.24) is 0 Å². The zero-order valence-corrected chi connectivity index (χ0v) is 8.70. The maximum Gasteiger partial charge on any atom is 0.0514 e. The van der Waals surface area contributed by atoms with Crippen LogP contribution in [0.1, 0.15) is 6.92 Å². The molecular weight excluding hydrogens is 180 g/mol. The summed E-state index contributed by atoms with van der Waals surface area (Å²) >= 11 is 0. The molecule has 0 saturated heterocycles. The lowest BCUT2D eigenvalue weighted by atomic mass is 9.60. The molecule has 4 bridgehead atoms. The average Bonchev–Trinajstić information content (AvgIpc) is 2.82. The minimum Gasteiger partial charge on any atom is -0.0755 e. The van der Waals surface area contributed by atoms with Gasteiger partial charge in [0.05, 0.1) is 5.41 Å². The lowest BCUT2D eigenvalue weighted by Gasteiger charge is -2.42.